The van der Waals surface area contributed by atoms with Crippen molar-refractivity contribution >= 4 is 11.5 Å². The molecule has 2 rings (SSSR count). The highest BCUT2D eigenvalue weighted by molar-refractivity contribution is 6.11. The van der Waals surface area contributed by atoms with Crippen LogP contribution in [0.5, 0.6) is 11.5 Å². The van der Waals surface area contributed by atoms with Gasteiger partial charge in [0.15, 0.2) is 5.78 Å². The molecule has 2 N–H and O–H groups in total. The number of nitrogens with two attached hydrogens (primary N) is 1. The Hall–Kier alpha value is -2.49. The first kappa shape index (κ1) is 13.0. The summed E-state index contributed by atoms with van der Waals surface area (Å²) in [4.78, 5) is 12.4. The lowest BCUT2D eigenvalue weighted by molar-refractivity contribution is 0.103. The lowest BCUT2D eigenvalue weighted by Crippen LogP contribution is -2.04. The van der Waals surface area contributed by atoms with Crippen LogP contribution in [0.4, 0.5) is 5.69 Å². The number of rotatable bonds is 4. The maximum Gasteiger partial charge on any atom is 0.196 e. The van der Waals surface area contributed by atoms with Crippen molar-refractivity contribution in [3.05, 3.63) is 53.6 Å². The molecule has 0 aliphatic heterocycles. The quantitative estimate of drug-likeness (QED) is 0.675. The van der Waals surface area contributed by atoms with E-state index >= 15 is 0 Å². The number of methoxy groups -OCH3 is 2. The summed E-state index contributed by atoms with van der Waals surface area (Å²) >= 11 is 0. The molecule has 2 aromatic carbocycles. The Morgan fingerprint density at radius 3 is 2.26 bits per heavy atom. The Morgan fingerprint density at radius 2 is 1.68 bits per heavy atom. The molecule has 0 heterocycles. The molecule has 19 heavy (non-hydrogen) atoms. The highest BCUT2D eigenvalue weighted by Crippen LogP contribution is 2.26. The van der Waals surface area contributed by atoms with Crippen LogP contribution in [0.25, 0.3) is 0 Å². The summed E-state index contributed by atoms with van der Waals surface area (Å²) < 4.78 is 10.3. The fraction of sp³-hybridized carbons (Fsp3) is 0.133. The molecular weight excluding hydrogens is 242 g/mol. The maximum atomic E-state index is 12.4. The van der Waals surface area contributed by atoms with Crippen molar-refractivity contribution in [3.8, 4) is 11.5 Å². The number of benzene rings is 2. The van der Waals surface area contributed by atoms with Crippen LogP contribution in [0.3, 0.4) is 0 Å². The van der Waals surface area contributed by atoms with E-state index in [1.54, 1.807) is 49.6 Å². The van der Waals surface area contributed by atoms with E-state index in [0.29, 0.717) is 28.3 Å². The van der Waals surface area contributed by atoms with Gasteiger partial charge in [-0.1, -0.05) is 0 Å². The van der Waals surface area contributed by atoms with Crippen LogP contribution >= 0.6 is 0 Å². The number of carbonyl (C=O) groups excluding carboxylic acids is 1. The van der Waals surface area contributed by atoms with Crippen LogP contribution in [0.2, 0.25) is 0 Å². The van der Waals surface area contributed by atoms with Gasteiger partial charge in [-0.25, -0.2) is 0 Å². The van der Waals surface area contributed by atoms with Crippen molar-refractivity contribution in [1.29, 1.82) is 0 Å². The van der Waals surface area contributed by atoms with Gasteiger partial charge in [-0.3, -0.25) is 4.79 Å². The second-order valence-electron chi connectivity index (χ2n) is 4.02. The fourth-order valence-corrected chi connectivity index (χ4v) is 1.78. The van der Waals surface area contributed by atoms with E-state index in [1.165, 1.54) is 7.11 Å². The van der Waals surface area contributed by atoms with Crippen molar-refractivity contribution in [2.45, 2.75) is 0 Å². The highest BCUT2D eigenvalue weighted by atomic mass is 16.5. The maximum absolute atomic E-state index is 12.4. The third kappa shape index (κ3) is 2.68. The normalized spacial score (nSPS) is 10.0. The summed E-state index contributed by atoms with van der Waals surface area (Å²) in [5.41, 5.74) is 7.25. The van der Waals surface area contributed by atoms with Gasteiger partial charge in [0.25, 0.3) is 0 Å². The molecule has 0 unspecified atom stereocenters. The molecule has 0 amide bonds. The van der Waals surface area contributed by atoms with E-state index < -0.39 is 0 Å². The second kappa shape index (κ2) is 5.44. The molecule has 0 aliphatic carbocycles. The molecule has 4 nitrogen and oxygen atoms in total. The topological polar surface area (TPSA) is 61.5 Å². The van der Waals surface area contributed by atoms with Crippen molar-refractivity contribution in [2.75, 3.05) is 20.0 Å². The zero-order chi connectivity index (χ0) is 13.8. The number of ether oxygens (including phenoxy) is 2. The van der Waals surface area contributed by atoms with Gasteiger partial charge in [-0.05, 0) is 42.5 Å². The Kier molecular flexibility index (Phi) is 3.71. The van der Waals surface area contributed by atoms with Gasteiger partial charge in [0, 0.05) is 11.3 Å². The minimum Gasteiger partial charge on any atom is -0.497 e. The van der Waals surface area contributed by atoms with Crippen molar-refractivity contribution in [1.82, 2.24) is 0 Å². The van der Waals surface area contributed by atoms with E-state index in [-0.39, 0.29) is 5.78 Å². The van der Waals surface area contributed by atoms with Crippen LogP contribution < -0.4 is 15.2 Å². The number of carbonyl (C=O) groups is 1. The van der Waals surface area contributed by atoms with Gasteiger partial charge < -0.3 is 15.2 Å². The van der Waals surface area contributed by atoms with Gasteiger partial charge >= 0.3 is 0 Å². The van der Waals surface area contributed by atoms with Crippen LogP contribution in [-0.4, -0.2) is 20.0 Å². The number of hydrogen-bond acceptors (Lipinski definition) is 4. The van der Waals surface area contributed by atoms with E-state index in [9.17, 15) is 4.79 Å². The predicted octanol–water partition coefficient (Wildman–Crippen LogP) is 2.52. The van der Waals surface area contributed by atoms with Crippen LogP contribution in [0.15, 0.2) is 42.5 Å². The minimum atomic E-state index is -0.129. The first-order valence-electron chi connectivity index (χ1n) is 5.78. The lowest BCUT2D eigenvalue weighted by Gasteiger charge is -2.09. The Bertz CT molecular complexity index is 591. The third-order valence-electron chi connectivity index (χ3n) is 2.82. The molecule has 2 aromatic rings. The van der Waals surface area contributed by atoms with Gasteiger partial charge in [-0.15, -0.1) is 0 Å². The molecule has 0 bridgehead atoms. The van der Waals surface area contributed by atoms with E-state index in [0.717, 1.165) is 0 Å². The predicted molar refractivity (Wildman–Crippen MR) is 73.8 cm³/mol. The Labute approximate surface area is 111 Å². The number of ketones is 1. The molecule has 0 aliphatic rings. The molecule has 0 saturated carbocycles. The van der Waals surface area contributed by atoms with Crippen molar-refractivity contribution < 1.29 is 14.3 Å². The number of nitrogen functional groups attached to an aromatic ring is 1. The molecule has 4 heteroatoms. The minimum absolute atomic E-state index is 0.129. The largest absolute Gasteiger partial charge is 0.497 e. The molecule has 98 valence electrons. The van der Waals surface area contributed by atoms with E-state index in [2.05, 4.69) is 0 Å². The lowest BCUT2D eigenvalue weighted by atomic mass is 10.0. The SMILES string of the molecule is COc1ccc(OC)c(C(=O)c2ccc(N)cc2)c1. The second-order valence-corrected chi connectivity index (χ2v) is 4.02. The average Bonchev–Trinajstić information content (AvgIpc) is 2.46. The molecule has 0 fully saturated rings. The van der Waals surface area contributed by atoms with Crippen LogP contribution in [0.1, 0.15) is 15.9 Å². The number of hydrogen-bond donors (Lipinski definition) is 1. The molecular formula is C15H15NO3. The third-order valence-corrected chi connectivity index (χ3v) is 2.82. The smallest absolute Gasteiger partial charge is 0.196 e. The standard InChI is InChI=1S/C15H15NO3/c1-18-12-7-8-14(19-2)13(9-12)15(17)10-3-5-11(16)6-4-10/h3-9H,16H2,1-2H3. The van der Waals surface area contributed by atoms with Crippen LogP contribution in [0, 0.1) is 0 Å². The molecule has 0 radical (unpaired) electrons. The summed E-state index contributed by atoms with van der Waals surface area (Å²) in [6.45, 7) is 0. The molecule has 0 saturated heterocycles. The summed E-state index contributed by atoms with van der Waals surface area (Å²) in [5, 5.41) is 0. The van der Waals surface area contributed by atoms with Crippen LogP contribution in [-0.2, 0) is 0 Å². The van der Waals surface area contributed by atoms with E-state index in [1.807, 2.05) is 0 Å². The fourth-order valence-electron chi connectivity index (χ4n) is 1.78. The molecule has 0 atom stereocenters. The van der Waals surface area contributed by atoms with Gasteiger partial charge in [0.1, 0.15) is 11.5 Å². The average molecular weight is 257 g/mol. The molecule has 0 spiro atoms. The number of anilines is 1. The summed E-state index contributed by atoms with van der Waals surface area (Å²) in [5.74, 6) is 0.998. The van der Waals surface area contributed by atoms with Gasteiger partial charge in [0.05, 0.1) is 19.8 Å². The molecule has 0 aromatic heterocycles. The first-order chi connectivity index (χ1) is 9.15. The van der Waals surface area contributed by atoms with Gasteiger partial charge in [0.2, 0.25) is 0 Å². The summed E-state index contributed by atoms with van der Waals surface area (Å²) in [6, 6.07) is 11.9. The van der Waals surface area contributed by atoms with Crippen molar-refractivity contribution in [2.24, 2.45) is 0 Å². The van der Waals surface area contributed by atoms with Crippen molar-refractivity contribution in [3.63, 3.8) is 0 Å². The first-order valence-corrected chi connectivity index (χ1v) is 5.78. The van der Waals surface area contributed by atoms with E-state index in [4.69, 9.17) is 15.2 Å². The summed E-state index contributed by atoms with van der Waals surface area (Å²) in [7, 11) is 3.08. The zero-order valence-electron chi connectivity index (χ0n) is 10.8. The Balaban J connectivity index is 2.44. The highest BCUT2D eigenvalue weighted by Gasteiger charge is 2.15. The monoisotopic (exact) mass is 257 g/mol. The van der Waals surface area contributed by atoms with Gasteiger partial charge in [-0.2, -0.15) is 0 Å². The summed E-state index contributed by atoms with van der Waals surface area (Å²) in [6.07, 6.45) is 0. The zero-order valence-corrected chi connectivity index (χ0v) is 10.8. The Morgan fingerprint density at radius 1 is 1.00 bits per heavy atom.